The number of carbonyl (C=O) groups is 1. The van der Waals surface area contributed by atoms with E-state index >= 15 is 0 Å². The number of ketones is 1. The molecule has 0 aliphatic carbocycles. The molecule has 1 aliphatic heterocycles. The van der Waals surface area contributed by atoms with Gasteiger partial charge in [0.15, 0.2) is 0 Å². The van der Waals surface area contributed by atoms with Crippen LogP contribution in [-0.2, 0) is 4.79 Å². The van der Waals surface area contributed by atoms with Crippen LogP contribution in [0.4, 0.5) is 0 Å². The minimum atomic E-state index is 0.282. The largest absolute Gasteiger partial charge is 0.316 e. The molecule has 1 aliphatic rings. The Morgan fingerprint density at radius 2 is 2.20 bits per heavy atom. The van der Waals surface area contributed by atoms with E-state index in [1.165, 1.54) is 6.42 Å². The smallest absolute Gasteiger partial charge is 0.137 e. The van der Waals surface area contributed by atoms with Crippen LogP contribution >= 0.6 is 0 Å². The maximum Gasteiger partial charge on any atom is 0.137 e. The first-order chi connectivity index (χ1) is 7.25. The van der Waals surface area contributed by atoms with E-state index in [4.69, 9.17) is 0 Å². The Hall–Kier alpha value is -0.630. The minimum absolute atomic E-state index is 0.282. The van der Waals surface area contributed by atoms with Gasteiger partial charge in [-0.05, 0) is 31.7 Å². The molecule has 1 heterocycles. The van der Waals surface area contributed by atoms with Gasteiger partial charge in [-0.1, -0.05) is 19.4 Å². The maximum atomic E-state index is 11.8. The number of unbranched alkanes of at least 4 members (excludes halogenated alkanes) is 3. The van der Waals surface area contributed by atoms with E-state index in [0.29, 0.717) is 11.7 Å². The summed E-state index contributed by atoms with van der Waals surface area (Å²) in [4.78, 5) is 11.8. The lowest BCUT2D eigenvalue weighted by Crippen LogP contribution is -2.21. The van der Waals surface area contributed by atoms with Crippen molar-refractivity contribution in [2.24, 2.45) is 11.8 Å². The third-order valence-electron chi connectivity index (χ3n) is 3.26. The molecule has 0 aromatic carbocycles. The van der Waals surface area contributed by atoms with Gasteiger partial charge in [-0.25, -0.2) is 0 Å². The lowest BCUT2D eigenvalue weighted by molar-refractivity contribution is -0.123. The molecule has 0 radical (unpaired) electrons. The zero-order valence-corrected chi connectivity index (χ0v) is 9.80. The van der Waals surface area contributed by atoms with Crippen LogP contribution in [0.1, 0.15) is 39.0 Å². The minimum Gasteiger partial charge on any atom is -0.316 e. The Morgan fingerprint density at radius 3 is 2.80 bits per heavy atom. The van der Waals surface area contributed by atoms with E-state index in [9.17, 15) is 4.79 Å². The molecule has 0 amide bonds. The lowest BCUT2D eigenvalue weighted by atomic mass is 9.91. The first kappa shape index (κ1) is 12.4. The molecule has 86 valence electrons. The standard InChI is InChI=1S/C13H23NO/c1-3-4-5-6-7-8-13(15)12-10-14-9-11(12)2/h3,11-12,14H,1,4-10H2,2H3. The van der Waals surface area contributed by atoms with Gasteiger partial charge in [-0.2, -0.15) is 0 Å². The molecule has 2 heteroatoms. The maximum absolute atomic E-state index is 11.8. The monoisotopic (exact) mass is 209 g/mol. The first-order valence-electron chi connectivity index (χ1n) is 6.10. The molecule has 0 bridgehead atoms. The van der Waals surface area contributed by atoms with Crippen LogP contribution < -0.4 is 5.32 Å². The van der Waals surface area contributed by atoms with Crippen molar-refractivity contribution in [2.75, 3.05) is 13.1 Å². The zero-order valence-electron chi connectivity index (χ0n) is 9.80. The molecule has 2 nitrogen and oxygen atoms in total. The average molecular weight is 209 g/mol. The molecular formula is C13H23NO. The second kappa shape index (κ2) is 6.78. The Labute approximate surface area is 93.1 Å². The quantitative estimate of drug-likeness (QED) is 0.516. The van der Waals surface area contributed by atoms with Crippen LogP contribution in [0.2, 0.25) is 0 Å². The van der Waals surface area contributed by atoms with Gasteiger partial charge in [-0.15, -0.1) is 6.58 Å². The Bertz CT molecular complexity index is 213. The number of hydrogen-bond donors (Lipinski definition) is 1. The van der Waals surface area contributed by atoms with Crippen molar-refractivity contribution in [3.63, 3.8) is 0 Å². The van der Waals surface area contributed by atoms with E-state index in [1.54, 1.807) is 0 Å². The van der Waals surface area contributed by atoms with Gasteiger partial charge in [0.25, 0.3) is 0 Å². The van der Waals surface area contributed by atoms with Crippen molar-refractivity contribution in [2.45, 2.75) is 39.0 Å². The molecular weight excluding hydrogens is 186 g/mol. The highest BCUT2D eigenvalue weighted by Crippen LogP contribution is 2.19. The second-order valence-electron chi connectivity index (χ2n) is 4.60. The number of nitrogens with one attached hydrogen (secondary N) is 1. The van der Waals surface area contributed by atoms with Crippen molar-refractivity contribution in [1.82, 2.24) is 5.32 Å². The number of hydrogen-bond acceptors (Lipinski definition) is 2. The van der Waals surface area contributed by atoms with E-state index in [1.807, 2.05) is 6.08 Å². The van der Waals surface area contributed by atoms with Gasteiger partial charge < -0.3 is 5.32 Å². The molecule has 1 fully saturated rings. The number of rotatable bonds is 7. The molecule has 0 saturated carbocycles. The zero-order chi connectivity index (χ0) is 11.1. The Kier molecular flexibility index (Phi) is 5.62. The SMILES string of the molecule is C=CCCCCCC(=O)C1CNCC1C. The van der Waals surface area contributed by atoms with Crippen molar-refractivity contribution in [3.05, 3.63) is 12.7 Å². The van der Waals surface area contributed by atoms with Gasteiger partial charge in [0, 0.05) is 18.9 Å². The highest BCUT2D eigenvalue weighted by molar-refractivity contribution is 5.81. The summed E-state index contributed by atoms with van der Waals surface area (Å²) in [6, 6.07) is 0. The molecule has 2 atom stereocenters. The highest BCUT2D eigenvalue weighted by Gasteiger charge is 2.28. The summed E-state index contributed by atoms with van der Waals surface area (Å²) < 4.78 is 0. The van der Waals surface area contributed by atoms with Crippen LogP contribution in [0.5, 0.6) is 0 Å². The first-order valence-corrected chi connectivity index (χ1v) is 6.10. The summed E-state index contributed by atoms with van der Waals surface area (Å²) in [5.41, 5.74) is 0. The van der Waals surface area contributed by atoms with Gasteiger partial charge in [0.1, 0.15) is 5.78 Å². The third-order valence-corrected chi connectivity index (χ3v) is 3.26. The fourth-order valence-electron chi connectivity index (χ4n) is 2.19. The Morgan fingerprint density at radius 1 is 1.40 bits per heavy atom. The van der Waals surface area contributed by atoms with Crippen molar-refractivity contribution in [1.29, 1.82) is 0 Å². The molecule has 0 aromatic heterocycles. The summed E-state index contributed by atoms with van der Waals surface area (Å²) in [7, 11) is 0. The van der Waals surface area contributed by atoms with Crippen molar-refractivity contribution in [3.8, 4) is 0 Å². The summed E-state index contributed by atoms with van der Waals surface area (Å²) >= 11 is 0. The van der Waals surface area contributed by atoms with Crippen LogP contribution in [0.3, 0.4) is 0 Å². The molecule has 0 spiro atoms. The summed E-state index contributed by atoms with van der Waals surface area (Å²) in [6.45, 7) is 7.76. The highest BCUT2D eigenvalue weighted by atomic mass is 16.1. The topological polar surface area (TPSA) is 29.1 Å². The van der Waals surface area contributed by atoms with E-state index in [2.05, 4.69) is 18.8 Å². The van der Waals surface area contributed by atoms with Gasteiger partial charge >= 0.3 is 0 Å². The number of Topliss-reactive ketones (excluding diaryl/α,β-unsaturated/α-hetero) is 1. The van der Waals surface area contributed by atoms with Crippen LogP contribution in [-0.4, -0.2) is 18.9 Å². The second-order valence-corrected chi connectivity index (χ2v) is 4.60. The van der Waals surface area contributed by atoms with E-state index in [-0.39, 0.29) is 5.92 Å². The molecule has 15 heavy (non-hydrogen) atoms. The van der Waals surface area contributed by atoms with E-state index < -0.39 is 0 Å². The fourth-order valence-corrected chi connectivity index (χ4v) is 2.19. The fraction of sp³-hybridized carbons (Fsp3) is 0.769. The molecule has 2 unspecified atom stereocenters. The van der Waals surface area contributed by atoms with Crippen molar-refractivity contribution >= 4 is 5.78 Å². The van der Waals surface area contributed by atoms with Gasteiger partial charge in [-0.3, -0.25) is 4.79 Å². The normalized spacial score (nSPS) is 25.4. The lowest BCUT2D eigenvalue weighted by Gasteiger charge is -2.12. The van der Waals surface area contributed by atoms with Crippen LogP contribution in [0.15, 0.2) is 12.7 Å². The molecule has 1 rings (SSSR count). The molecule has 0 aromatic rings. The molecule has 1 N–H and O–H groups in total. The van der Waals surface area contributed by atoms with Crippen LogP contribution in [0.25, 0.3) is 0 Å². The van der Waals surface area contributed by atoms with Gasteiger partial charge in [0.05, 0.1) is 0 Å². The van der Waals surface area contributed by atoms with E-state index in [0.717, 1.165) is 38.8 Å². The Balaban J connectivity index is 2.10. The average Bonchev–Trinajstić information content (AvgIpc) is 2.64. The predicted octanol–water partition coefficient (Wildman–Crippen LogP) is 2.55. The van der Waals surface area contributed by atoms with Crippen molar-refractivity contribution < 1.29 is 4.79 Å². The van der Waals surface area contributed by atoms with Gasteiger partial charge in [0.2, 0.25) is 0 Å². The summed E-state index contributed by atoms with van der Waals surface area (Å²) in [5, 5.41) is 3.28. The summed E-state index contributed by atoms with van der Waals surface area (Å²) in [6.07, 6.45) is 7.19. The number of allylic oxidation sites excluding steroid dienone is 1. The molecule has 1 saturated heterocycles. The summed E-state index contributed by atoms with van der Waals surface area (Å²) in [5.74, 6) is 1.28. The van der Waals surface area contributed by atoms with Crippen LogP contribution in [0, 0.1) is 11.8 Å². The third kappa shape index (κ3) is 4.17. The number of carbonyl (C=O) groups excluding carboxylic acids is 1. The predicted molar refractivity (Wildman–Crippen MR) is 63.8 cm³/mol.